The summed E-state index contributed by atoms with van der Waals surface area (Å²) in [4.78, 5) is 11.3. The molecule has 0 unspecified atom stereocenters. The highest BCUT2D eigenvalue weighted by molar-refractivity contribution is 9.10. The Balaban J connectivity index is 2.26. The standard InChI is InChI=1S/C11H7BrF2N6O2S/c1-23(21,22)11-17-9(15)20-10(18-11)16-8(19-20)4-2-5(12)7(14)3-6(4)13/h2-3H,1H3,(H2,15,16,17,18,19). The summed E-state index contributed by atoms with van der Waals surface area (Å²) >= 11 is 2.94. The van der Waals surface area contributed by atoms with Crippen molar-refractivity contribution in [1.29, 1.82) is 0 Å². The Morgan fingerprint density at radius 1 is 1.17 bits per heavy atom. The lowest BCUT2D eigenvalue weighted by Crippen LogP contribution is -2.11. The Morgan fingerprint density at radius 2 is 1.87 bits per heavy atom. The van der Waals surface area contributed by atoms with Crippen LogP contribution in [0.4, 0.5) is 14.7 Å². The SMILES string of the molecule is CS(=O)(=O)c1nc(N)n2nc(-c3cc(Br)c(F)cc3F)nc2n1. The number of nitrogens with zero attached hydrogens (tertiary/aromatic N) is 5. The van der Waals surface area contributed by atoms with Gasteiger partial charge in [0.05, 0.1) is 10.0 Å². The van der Waals surface area contributed by atoms with Crippen LogP contribution in [0.15, 0.2) is 21.8 Å². The van der Waals surface area contributed by atoms with Gasteiger partial charge in [0.2, 0.25) is 15.8 Å². The Hall–Kier alpha value is -2.21. The van der Waals surface area contributed by atoms with Gasteiger partial charge in [0.15, 0.2) is 5.82 Å². The van der Waals surface area contributed by atoms with Crippen molar-refractivity contribution in [3.63, 3.8) is 0 Å². The summed E-state index contributed by atoms with van der Waals surface area (Å²) in [7, 11) is -3.71. The van der Waals surface area contributed by atoms with Crippen molar-refractivity contribution < 1.29 is 17.2 Å². The lowest BCUT2D eigenvalue weighted by molar-refractivity contribution is 0.580. The minimum Gasteiger partial charge on any atom is -0.368 e. The Kier molecular flexibility index (Phi) is 3.52. The second-order valence-electron chi connectivity index (χ2n) is 4.53. The zero-order valence-corrected chi connectivity index (χ0v) is 13.7. The molecule has 0 saturated carbocycles. The number of halogens is 3. The largest absolute Gasteiger partial charge is 0.368 e. The monoisotopic (exact) mass is 404 g/mol. The van der Waals surface area contributed by atoms with Crippen LogP contribution < -0.4 is 5.73 Å². The molecule has 120 valence electrons. The zero-order chi connectivity index (χ0) is 16.9. The number of sulfone groups is 1. The fourth-order valence-electron chi connectivity index (χ4n) is 1.76. The molecule has 0 amide bonds. The maximum atomic E-state index is 13.9. The van der Waals surface area contributed by atoms with E-state index < -0.39 is 26.6 Å². The summed E-state index contributed by atoms with van der Waals surface area (Å²) < 4.78 is 51.2. The molecular formula is C11H7BrF2N6O2S. The number of hydrogen-bond donors (Lipinski definition) is 1. The van der Waals surface area contributed by atoms with Crippen LogP contribution >= 0.6 is 15.9 Å². The van der Waals surface area contributed by atoms with Crippen LogP contribution in [0.3, 0.4) is 0 Å². The van der Waals surface area contributed by atoms with Crippen LogP contribution in [0, 0.1) is 11.6 Å². The molecule has 3 rings (SSSR count). The smallest absolute Gasteiger partial charge is 0.258 e. The second kappa shape index (κ2) is 5.16. The summed E-state index contributed by atoms with van der Waals surface area (Å²) in [6, 6.07) is 1.82. The van der Waals surface area contributed by atoms with E-state index in [4.69, 9.17) is 5.73 Å². The molecule has 0 saturated heterocycles. The Morgan fingerprint density at radius 3 is 2.52 bits per heavy atom. The molecule has 0 spiro atoms. The molecule has 0 bridgehead atoms. The third-order valence-electron chi connectivity index (χ3n) is 2.80. The van der Waals surface area contributed by atoms with Gasteiger partial charge in [-0.2, -0.15) is 19.5 Å². The lowest BCUT2D eigenvalue weighted by atomic mass is 10.2. The maximum Gasteiger partial charge on any atom is 0.258 e. The molecule has 2 N–H and O–H groups in total. The van der Waals surface area contributed by atoms with Crippen molar-refractivity contribution >= 4 is 37.5 Å². The minimum absolute atomic E-state index is 0.0173. The molecule has 0 radical (unpaired) electrons. The van der Waals surface area contributed by atoms with E-state index in [1.807, 2.05) is 0 Å². The van der Waals surface area contributed by atoms with E-state index in [0.717, 1.165) is 16.8 Å². The van der Waals surface area contributed by atoms with Crippen molar-refractivity contribution in [2.24, 2.45) is 0 Å². The van der Waals surface area contributed by atoms with Crippen LogP contribution in [0.5, 0.6) is 0 Å². The Labute approximate surface area is 136 Å². The topological polar surface area (TPSA) is 116 Å². The minimum atomic E-state index is -3.71. The summed E-state index contributed by atoms with van der Waals surface area (Å²) in [6.07, 6.45) is 0.909. The highest BCUT2D eigenvalue weighted by Gasteiger charge is 2.20. The van der Waals surface area contributed by atoms with E-state index >= 15 is 0 Å². The maximum absolute atomic E-state index is 13.9. The molecule has 0 aliphatic carbocycles. The van der Waals surface area contributed by atoms with Gasteiger partial charge in [-0.1, -0.05) is 0 Å². The molecule has 0 atom stereocenters. The highest BCUT2D eigenvalue weighted by atomic mass is 79.9. The molecule has 0 fully saturated rings. The second-order valence-corrected chi connectivity index (χ2v) is 7.29. The van der Waals surface area contributed by atoms with Gasteiger partial charge in [-0.25, -0.2) is 17.2 Å². The molecule has 1 aromatic carbocycles. The quantitative estimate of drug-likeness (QED) is 0.637. The Bertz CT molecular complexity index is 1050. The molecule has 0 aliphatic heterocycles. The van der Waals surface area contributed by atoms with Gasteiger partial charge in [-0.15, -0.1) is 5.10 Å². The normalized spacial score (nSPS) is 12.0. The molecule has 12 heteroatoms. The van der Waals surface area contributed by atoms with Crippen molar-refractivity contribution in [2.45, 2.75) is 5.16 Å². The number of aromatic nitrogens is 5. The molecule has 2 heterocycles. The first-order valence-corrected chi connectivity index (χ1v) is 8.60. The van der Waals surface area contributed by atoms with Crippen LogP contribution in [-0.2, 0) is 9.84 Å². The fraction of sp³-hybridized carbons (Fsp3) is 0.0909. The van der Waals surface area contributed by atoms with Crippen molar-refractivity contribution in [3.05, 3.63) is 28.2 Å². The predicted octanol–water partition coefficient (Wildman–Crippen LogP) is 1.21. The summed E-state index contributed by atoms with van der Waals surface area (Å²) in [5.74, 6) is -2.27. The van der Waals surface area contributed by atoms with Gasteiger partial charge in [-0.05, 0) is 22.0 Å². The third kappa shape index (κ3) is 2.74. The molecule has 3 aromatic rings. The van der Waals surface area contributed by atoms with Crippen LogP contribution in [0.2, 0.25) is 0 Å². The first-order chi connectivity index (χ1) is 10.7. The van der Waals surface area contributed by atoms with Gasteiger partial charge >= 0.3 is 0 Å². The summed E-state index contributed by atoms with van der Waals surface area (Å²) in [5.41, 5.74) is 5.51. The summed E-state index contributed by atoms with van der Waals surface area (Å²) in [5, 5.41) is 3.39. The number of rotatable bonds is 2. The van der Waals surface area contributed by atoms with Crippen LogP contribution in [-0.4, -0.2) is 39.2 Å². The van der Waals surface area contributed by atoms with Crippen LogP contribution in [0.1, 0.15) is 0 Å². The molecular weight excluding hydrogens is 398 g/mol. The number of hydrogen-bond acceptors (Lipinski definition) is 7. The van der Waals surface area contributed by atoms with Gasteiger partial charge in [-0.3, -0.25) is 0 Å². The average Bonchev–Trinajstić information content (AvgIpc) is 2.86. The number of benzene rings is 1. The van der Waals surface area contributed by atoms with E-state index in [1.54, 1.807) is 0 Å². The van der Waals surface area contributed by atoms with Crippen molar-refractivity contribution in [3.8, 4) is 11.4 Å². The zero-order valence-electron chi connectivity index (χ0n) is 11.3. The van der Waals surface area contributed by atoms with Gasteiger partial charge in [0.25, 0.3) is 10.9 Å². The van der Waals surface area contributed by atoms with Gasteiger partial charge in [0, 0.05) is 12.3 Å². The van der Waals surface area contributed by atoms with Gasteiger partial charge in [0.1, 0.15) is 11.6 Å². The first-order valence-electron chi connectivity index (χ1n) is 5.92. The third-order valence-corrected chi connectivity index (χ3v) is 4.25. The average molecular weight is 405 g/mol. The molecule has 0 aliphatic rings. The van der Waals surface area contributed by atoms with E-state index in [0.29, 0.717) is 6.07 Å². The lowest BCUT2D eigenvalue weighted by Gasteiger charge is -2.00. The summed E-state index contributed by atoms with van der Waals surface area (Å²) in [6.45, 7) is 0. The molecule has 8 nitrogen and oxygen atoms in total. The number of nitrogen functional groups attached to an aromatic ring is 1. The fourth-order valence-corrected chi connectivity index (χ4v) is 2.61. The molecule has 23 heavy (non-hydrogen) atoms. The van der Waals surface area contributed by atoms with Crippen molar-refractivity contribution in [2.75, 3.05) is 12.0 Å². The molecule has 2 aromatic heterocycles. The van der Waals surface area contributed by atoms with E-state index in [9.17, 15) is 17.2 Å². The van der Waals surface area contributed by atoms with E-state index in [2.05, 4.69) is 36.0 Å². The van der Waals surface area contributed by atoms with E-state index in [-0.39, 0.29) is 27.6 Å². The number of fused-ring (bicyclic) bond motifs is 1. The number of anilines is 1. The van der Waals surface area contributed by atoms with Crippen LogP contribution in [0.25, 0.3) is 17.2 Å². The van der Waals surface area contributed by atoms with Gasteiger partial charge < -0.3 is 5.73 Å². The number of nitrogens with two attached hydrogens (primary N) is 1. The van der Waals surface area contributed by atoms with E-state index in [1.165, 1.54) is 0 Å². The predicted molar refractivity (Wildman–Crippen MR) is 79.2 cm³/mol. The highest BCUT2D eigenvalue weighted by Crippen LogP contribution is 2.26. The first kappa shape index (κ1) is 15.7. The van der Waals surface area contributed by atoms with Crippen molar-refractivity contribution in [1.82, 2.24) is 24.6 Å².